The van der Waals surface area contributed by atoms with Crippen LogP contribution in [-0.2, 0) is 6.42 Å². The first-order valence-corrected chi connectivity index (χ1v) is 6.32. The van der Waals surface area contributed by atoms with Gasteiger partial charge in [0.15, 0.2) is 4.73 Å². The number of aromatic nitrogens is 2. The Balaban J connectivity index is 1.90. The molecule has 0 aliphatic carbocycles. The molecular formula is C13H14BrN3. The predicted octanol–water partition coefficient (Wildman–Crippen LogP) is 3.20. The van der Waals surface area contributed by atoms with Crippen LogP contribution in [0.5, 0.6) is 0 Å². The summed E-state index contributed by atoms with van der Waals surface area (Å²) in [6.07, 6.45) is 0.988. The molecule has 0 unspecified atom stereocenters. The number of nitrogens with one attached hydrogen (secondary N) is 1. The molecule has 88 valence electrons. The molecule has 0 aliphatic heterocycles. The van der Waals surface area contributed by atoms with Gasteiger partial charge in [-0.25, -0.2) is 9.97 Å². The first kappa shape index (κ1) is 12.0. The molecule has 2 aromatic rings. The highest BCUT2D eigenvalue weighted by Crippen LogP contribution is 2.10. The number of benzene rings is 1. The lowest BCUT2D eigenvalue weighted by molar-refractivity contribution is 0.981. The van der Waals surface area contributed by atoms with Crippen LogP contribution in [0.15, 0.2) is 41.1 Å². The molecule has 0 fully saturated rings. The molecule has 1 aromatic heterocycles. The second-order valence-electron chi connectivity index (χ2n) is 3.83. The quantitative estimate of drug-likeness (QED) is 0.879. The van der Waals surface area contributed by atoms with Crippen molar-refractivity contribution in [3.8, 4) is 0 Å². The lowest BCUT2D eigenvalue weighted by Crippen LogP contribution is -2.07. The highest BCUT2D eigenvalue weighted by molar-refractivity contribution is 9.10. The van der Waals surface area contributed by atoms with Crippen molar-refractivity contribution in [3.05, 3.63) is 52.4 Å². The van der Waals surface area contributed by atoms with Crippen LogP contribution in [-0.4, -0.2) is 16.5 Å². The van der Waals surface area contributed by atoms with Crippen molar-refractivity contribution >= 4 is 21.7 Å². The fourth-order valence-corrected chi connectivity index (χ4v) is 2.07. The SMILES string of the molecule is Cc1cc(NCCc2ccccc2)nc(Br)n1. The molecular weight excluding hydrogens is 278 g/mol. The predicted molar refractivity (Wildman–Crippen MR) is 73.1 cm³/mol. The zero-order valence-corrected chi connectivity index (χ0v) is 11.2. The molecule has 1 aromatic carbocycles. The third-order valence-corrected chi connectivity index (χ3v) is 2.74. The van der Waals surface area contributed by atoms with E-state index in [4.69, 9.17) is 0 Å². The Bertz CT molecular complexity index is 465. The fourth-order valence-electron chi connectivity index (χ4n) is 1.60. The highest BCUT2D eigenvalue weighted by Gasteiger charge is 1.99. The van der Waals surface area contributed by atoms with Gasteiger partial charge in [0.1, 0.15) is 5.82 Å². The van der Waals surface area contributed by atoms with E-state index in [0.29, 0.717) is 4.73 Å². The second kappa shape index (κ2) is 5.77. The van der Waals surface area contributed by atoms with Gasteiger partial charge < -0.3 is 5.32 Å². The van der Waals surface area contributed by atoms with Crippen LogP contribution < -0.4 is 5.32 Å². The maximum Gasteiger partial charge on any atom is 0.198 e. The molecule has 0 aliphatic rings. The fraction of sp³-hybridized carbons (Fsp3) is 0.231. The molecule has 0 saturated carbocycles. The third kappa shape index (κ3) is 3.82. The standard InChI is InChI=1S/C13H14BrN3/c1-10-9-12(17-13(14)16-10)15-8-7-11-5-3-2-4-6-11/h2-6,9H,7-8H2,1H3,(H,15,16,17). The summed E-state index contributed by atoms with van der Waals surface area (Å²) in [6.45, 7) is 2.82. The van der Waals surface area contributed by atoms with E-state index in [1.54, 1.807) is 0 Å². The minimum atomic E-state index is 0.625. The van der Waals surface area contributed by atoms with Crippen molar-refractivity contribution in [2.75, 3.05) is 11.9 Å². The Kier molecular flexibility index (Phi) is 4.09. The van der Waals surface area contributed by atoms with Crippen LogP contribution in [0.3, 0.4) is 0 Å². The zero-order valence-electron chi connectivity index (χ0n) is 9.65. The summed E-state index contributed by atoms with van der Waals surface area (Å²) < 4.78 is 0.625. The Labute approximate surface area is 109 Å². The van der Waals surface area contributed by atoms with Crippen molar-refractivity contribution in [2.45, 2.75) is 13.3 Å². The topological polar surface area (TPSA) is 37.8 Å². The summed E-state index contributed by atoms with van der Waals surface area (Å²) in [5.41, 5.74) is 2.28. The van der Waals surface area contributed by atoms with Crippen LogP contribution in [0.25, 0.3) is 0 Å². The minimum absolute atomic E-state index is 0.625. The van der Waals surface area contributed by atoms with E-state index in [-0.39, 0.29) is 0 Å². The number of hydrogen-bond donors (Lipinski definition) is 1. The van der Waals surface area contributed by atoms with Crippen molar-refractivity contribution in [2.24, 2.45) is 0 Å². The molecule has 1 heterocycles. The Morgan fingerprint density at radius 1 is 1.18 bits per heavy atom. The van der Waals surface area contributed by atoms with Gasteiger partial charge in [0, 0.05) is 18.3 Å². The first-order chi connectivity index (χ1) is 8.24. The zero-order chi connectivity index (χ0) is 12.1. The number of nitrogens with zero attached hydrogens (tertiary/aromatic N) is 2. The maximum atomic E-state index is 4.26. The first-order valence-electron chi connectivity index (χ1n) is 5.53. The lowest BCUT2D eigenvalue weighted by Gasteiger charge is -2.06. The van der Waals surface area contributed by atoms with Gasteiger partial charge >= 0.3 is 0 Å². The van der Waals surface area contributed by atoms with Crippen LogP contribution in [0.1, 0.15) is 11.3 Å². The van der Waals surface area contributed by atoms with Gasteiger partial charge in [-0.05, 0) is 34.8 Å². The Morgan fingerprint density at radius 2 is 1.94 bits per heavy atom. The van der Waals surface area contributed by atoms with Crippen molar-refractivity contribution in [1.29, 1.82) is 0 Å². The molecule has 17 heavy (non-hydrogen) atoms. The van der Waals surface area contributed by atoms with E-state index < -0.39 is 0 Å². The van der Waals surface area contributed by atoms with Crippen LogP contribution in [0.4, 0.5) is 5.82 Å². The Morgan fingerprint density at radius 3 is 2.65 bits per heavy atom. The summed E-state index contributed by atoms with van der Waals surface area (Å²) in [5, 5.41) is 3.29. The summed E-state index contributed by atoms with van der Waals surface area (Å²) in [4.78, 5) is 8.43. The number of hydrogen-bond acceptors (Lipinski definition) is 3. The molecule has 0 radical (unpaired) electrons. The van der Waals surface area contributed by atoms with Gasteiger partial charge in [0.25, 0.3) is 0 Å². The van der Waals surface area contributed by atoms with E-state index in [1.165, 1.54) is 5.56 Å². The number of aryl methyl sites for hydroxylation is 1. The van der Waals surface area contributed by atoms with Gasteiger partial charge in [-0.15, -0.1) is 0 Å². The van der Waals surface area contributed by atoms with Gasteiger partial charge in [-0.2, -0.15) is 0 Å². The van der Waals surface area contributed by atoms with Gasteiger partial charge in [0.2, 0.25) is 0 Å². The van der Waals surface area contributed by atoms with Crippen molar-refractivity contribution < 1.29 is 0 Å². The normalized spacial score (nSPS) is 10.2. The molecule has 1 N–H and O–H groups in total. The van der Waals surface area contributed by atoms with E-state index in [1.807, 2.05) is 19.1 Å². The maximum absolute atomic E-state index is 4.26. The van der Waals surface area contributed by atoms with Gasteiger partial charge in [0.05, 0.1) is 0 Å². The van der Waals surface area contributed by atoms with Crippen LogP contribution in [0, 0.1) is 6.92 Å². The van der Waals surface area contributed by atoms with Crippen molar-refractivity contribution in [3.63, 3.8) is 0 Å². The Hall–Kier alpha value is -1.42. The molecule has 0 saturated heterocycles. The largest absolute Gasteiger partial charge is 0.370 e. The highest BCUT2D eigenvalue weighted by atomic mass is 79.9. The van der Waals surface area contributed by atoms with Crippen LogP contribution in [0.2, 0.25) is 0 Å². The third-order valence-electron chi connectivity index (χ3n) is 2.39. The summed E-state index contributed by atoms with van der Waals surface area (Å²) in [7, 11) is 0. The number of halogens is 1. The molecule has 0 amide bonds. The van der Waals surface area contributed by atoms with Gasteiger partial charge in [-0.3, -0.25) is 0 Å². The average molecular weight is 292 g/mol. The van der Waals surface area contributed by atoms with E-state index in [9.17, 15) is 0 Å². The van der Waals surface area contributed by atoms with E-state index in [0.717, 1.165) is 24.5 Å². The molecule has 0 atom stereocenters. The molecule has 0 bridgehead atoms. The van der Waals surface area contributed by atoms with Gasteiger partial charge in [-0.1, -0.05) is 30.3 Å². The summed E-state index contributed by atoms with van der Waals surface area (Å²) in [5.74, 6) is 0.861. The minimum Gasteiger partial charge on any atom is -0.370 e. The smallest absolute Gasteiger partial charge is 0.198 e. The van der Waals surface area contributed by atoms with E-state index >= 15 is 0 Å². The molecule has 2 rings (SSSR count). The molecule has 0 spiro atoms. The van der Waals surface area contributed by atoms with Crippen molar-refractivity contribution in [1.82, 2.24) is 9.97 Å². The number of rotatable bonds is 4. The second-order valence-corrected chi connectivity index (χ2v) is 4.54. The summed E-state index contributed by atoms with van der Waals surface area (Å²) >= 11 is 3.29. The molecule has 3 nitrogen and oxygen atoms in total. The lowest BCUT2D eigenvalue weighted by atomic mass is 10.1. The monoisotopic (exact) mass is 291 g/mol. The number of anilines is 1. The van der Waals surface area contributed by atoms with E-state index in [2.05, 4.69) is 55.5 Å². The average Bonchev–Trinajstić information content (AvgIpc) is 2.29. The molecule has 4 heteroatoms. The summed E-state index contributed by atoms with van der Waals surface area (Å²) in [6, 6.07) is 12.3. The van der Waals surface area contributed by atoms with Crippen LogP contribution >= 0.6 is 15.9 Å².